The summed E-state index contributed by atoms with van der Waals surface area (Å²) in [5, 5.41) is 0. The summed E-state index contributed by atoms with van der Waals surface area (Å²) in [6.07, 6.45) is 2.99. The zero-order valence-corrected chi connectivity index (χ0v) is 22.2. The van der Waals surface area contributed by atoms with Crippen molar-refractivity contribution in [1.82, 2.24) is 0 Å². The molecule has 4 aromatic rings. The summed E-state index contributed by atoms with van der Waals surface area (Å²) in [5.74, 6) is 3.22. The van der Waals surface area contributed by atoms with Gasteiger partial charge in [-0.25, -0.2) is 4.42 Å². The van der Waals surface area contributed by atoms with Gasteiger partial charge in [-0.2, -0.15) is 0 Å². The Morgan fingerprint density at radius 1 is 0.692 bits per heavy atom. The van der Waals surface area contributed by atoms with Crippen molar-refractivity contribution in [3.8, 4) is 33.9 Å². The first kappa shape index (κ1) is 29.5. The summed E-state index contributed by atoms with van der Waals surface area (Å²) >= 11 is 0. The van der Waals surface area contributed by atoms with Crippen molar-refractivity contribution in [3.63, 3.8) is 0 Å². The predicted molar refractivity (Wildman–Crippen MR) is 151 cm³/mol. The van der Waals surface area contributed by atoms with Crippen molar-refractivity contribution >= 4 is 18.9 Å². The molecule has 0 fully saturated rings. The lowest BCUT2D eigenvalue weighted by Gasteiger charge is -2.11. The number of allylic oxidation sites excluding steroid dienone is 1. The van der Waals surface area contributed by atoms with E-state index in [9.17, 15) is 17.3 Å². The monoisotopic (exact) mass is 538 g/mol. The van der Waals surface area contributed by atoms with Crippen LogP contribution < -0.4 is 9.47 Å². The van der Waals surface area contributed by atoms with Crippen molar-refractivity contribution in [2.24, 2.45) is 0 Å². The number of hydrogen-bond acceptors (Lipinski definition) is 2. The minimum atomic E-state index is -6.00. The second-order valence-corrected chi connectivity index (χ2v) is 8.40. The molecule has 4 rings (SSSR count). The van der Waals surface area contributed by atoms with E-state index in [0.29, 0.717) is 13.2 Å². The molecule has 0 saturated carbocycles. The quantitative estimate of drug-likeness (QED) is 0.121. The van der Waals surface area contributed by atoms with Crippen molar-refractivity contribution in [2.45, 2.75) is 27.2 Å². The van der Waals surface area contributed by atoms with E-state index < -0.39 is 7.25 Å². The maximum atomic E-state index is 9.75. The van der Waals surface area contributed by atoms with Gasteiger partial charge in [-0.1, -0.05) is 61.5 Å². The van der Waals surface area contributed by atoms with Gasteiger partial charge in [0.15, 0.2) is 11.5 Å². The molecule has 0 bridgehead atoms. The van der Waals surface area contributed by atoms with E-state index in [1.807, 2.05) is 50.2 Å². The van der Waals surface area contributed by atoms with Crippen LogP contribution in [0.3, 0.4) is 0 Å². The number of halogens is 4. The van der Waals surface area contributed by atoms with Gasteiger partial charge < -0.3 is 26.7 Å². The third-order valence-corrected chi connectivity index (χ3v) is 5.56. The molecule has 0 aliphatic carbocycles. The summed E-state index contributed by atoms with van der Waals surface area (Å²) in [7, 11) is -6.00. The van der Waals surface area contributed by atoms with E-state index in [1.54, 1.807) is 0 Å². The molecule has 3 nitrogen and oxygen atoms in total. The van der Waals surface area contributed by atoms with Crippen molar-refractivity contribution in [3.05, 3.63) is 102 Å². The van der Waals surface area contributed by atoms with Gasteiger partial charge in [-0.15, -0.1) is 0 Å². The first-order valence-electron chi connectivity index (χ1n) is 12.8. The molecule has 0 aliphatic rings. The molecule has 8 heteroatoms. The molecule has 0 aliphatic heterocycles. The van der Waals surface area contributed by atoms with Crippen LogP contribution in [0.25, 0.3) is 34.1 Å². The molecule has 3 aromatic carbocycles. The number of ether oxygens (including phenoxy) is 2. The normalized spacial score (nSPS) is 11.4. The molecule has 0 unspecified atom stereocenters. The van der Waals surface area contributed by atoms with Crippen LogP contribution in [0.15, 0.2) is 95.4 Å². The molecule has 1 heterocycles. The zero-order chi connectivity index (χ0) is 28.3. The molecule has 0 amide bonds. The summed E-state index contributed by atoms with van der Waals surface area (Å²) in [6.45, 7) is 7.29. The van der Waals surface area contributed by atoms with Gasteiger partial charge in [0.25, 0.3) is 0 Å². The molecule has 39 heavy (non-hydrogen) atoms. The van der Waals surface area contributed by atoms with Gasteiger partial charge >= 0.3 is 18.8 Å². The molecular weight excluding hydrogens is 507 g/mol. The topological polar surface area (TPSA) is 29.8 Å². The minimum Gasteiger partial charge on any atom is -0.490 e. The number of benzene rings is 3. The highest BCUT2D eigenvalue weighted by atomic mass is 19.5. The Morgan fingerprint density at radius 3 is 1.82 bits per heavy atom. The second kappa shape index (κ2) is 14.2. The fourth-order valence-electron chi connectivity index (χ4n) is 3.91. The van der Waals surface area contributed by atoms with Gasteiger partial charge in [0.1, 0.15) is 0 Å². The molecule has 0 N–H and O–H groups in total. The molecule has 0 atom stereocenters. The van der Waals surface area contributed by atoms with E-state index in [-0.39, 0.29) is 0 Å². The second-order valence-electron chi connectivity index (χ2n) is 8.40. The summed E-state index contributed by atoms with van der Waals surface area (Å²) in [6, 6.07) is 31.0. The third-order valence-electron chi connectivity index (χ3n) is 5.56. The fourth-order valence-corrected chi connectivity index (χ4v) is 3.91. The lowest BCUT2D eigenvalue weighted by Crippen LogP contribution is -2.02. The molecule has 0 saturated heterocycles. The first-order valence-corrected chi connectivity index (χ1v) is 12.8. The molecule has 1 aromatic heterocycles. The van der Waals surface area contributed by atoms with Crippen LogP contribution in [0, 0.1) is 0 Å². The summed E-state index contributed by atoms with van der Waals surface area (Å²) in [5.41, 5.74) is 5.50. The van der Waals surface area contributed by atoms with E-state index in [2.05, 4.69) is 67.6 Å². The van der Waals surface area contributed by atoms with Crippen LogP contribution in [0.1, 0.15) is 38.5 Å². The van der Waals surface area contributed by atoms with Crippen molar-refractivity contribution in [1.29, 1.82) is 0 Å². The molecule has 0 spiro atoms. The van der Waals surface area contributed by atoms with Gasteiger partial charge in [0.2, 0.25) is 0 Å². The van der Waals surface area contributed by atoms with Crippen LogP contribution >= 0.6 is 0 Å². The smallest absolute Gasteiger partial charge is 0.490 e. The van der Waals surface area contributed by atoms with Gasteiger partial charge in [-0.05, 0) is 61.7 Å². The SMILES string of the molecule is CCOc1ccc(C=C(CC)c2cc(-c3ccccc3)cc(-c3ccccc3)[o+]2)cc1OCC.F[B-](F)(F)F. The van der Waals surface area contributed by atoms with Crippen molar-refractivity contribution < 1.29 is 31.2 Å². The Hall–Kier alpha value is -4.07. The van der Waals surface area contributed by atoms with Gasteiger partial charge in [-0.3, -0.25) is 0 Å². The Bertz CT molecular complexity index is 1290. The lowest BCUT2D eigenvalue weighted by molar-refractivity contribution is 0.287. The largest absolute Gasteiger partial charge is 0.673 e. The average molecular weight is 538 g/mol. The predicted octanol–water partition coefficient (Wildman–Crippen LogP) is 9.94. The molecule has 0 radical (unpaired) electrons. The maximum absolute atomic E-state index is 9.75. The Labute approximate surface area is 226 Å². The maximum Gasteiger partial charge on any atom is 0.673 e. The Morgan fingerprint density at radius 2 is 1.26 bits per heavy atom. The lowest BCUT2D eigenvalue weighted by atomic mass is 10.00. The van der Waals surface area contributed by atoms with E-state index in [4.69, 9.17) is 13.9 Å². The summed E-state index contributed by atoms with van der Waals surface area (Å²) in [4.78, 5) is 0. The standard InChI is InChI=1S/C31H31O3.BF4/c1-4-24(19-23-17-18-28(32-5-2)31(20-23)33-6-3)29-21-27(25-13-9-7-10-14-25)22-30(34-29)26-15-11-8-12-16-26;2-1(3,4)5/h7-22H,4-6H2,1-3H3;/q+1;-1. The van der Waals surface area contributed by atoms with Crippen LogP contribution in [0.2, 0.25) is 0 Å². The van der Waals surface area contributed by atoms with Crippen molar-refractivity contribution in [2.75, 3.05) is 13.2 Å². The highest BCUT2D eigenvalue weighted by molar-refractivity contribution is 6.50. The third kappa shape index (κ3) is 9.32. The highest BCUT2D eigenvalue weighted by Gasteiger charge is 2.22. The molecular formula is C31H31BF4O3. The van der Waals surface area contributed by atoms with Crippen LogP contribution in [0.4, 0.5) is 17.3 Å². The van der Waals surface area contributed by atoms with Crippen LogP contribution in [-0.4, -0.2) is 20.5 Å². The van der Waals surface area contributed by atoms with Crippen LogP contribution in [0.5, 0.6) is 11.5 Å². The van der Waals surface area contributed by atoms with Gasteiger partial charge in [0.05, 0.1) is 36.5 Å². The number of hydrogen-bond donors (Lipinski definition) is 0. The zero-order valence-electron chi connectivity index (χ0n) is 22.2. The minimum absolute atomic E-state index is 0.586. The average Bonchev–Trinajstić information content (AvgIpc) is 2.93. The first-order chi connectivity index (χ1) is 18.7. The Kier molecular flexibility index (Phi) is 10.7. The summed E-state index contributed by atoms with van der Waals surface area (Å²) < 4.78 is 57.0. The highest BCUT2D eigenvalue weighted by Crippen LogP contribution is 2.34. The van der Waals surface area contributed by atoms with E-state index >= 15 is 0 Å². The van der Waals surface area contributed by atoms with Crippen LogP contribution in [-0.2, 0) is 0 Å². The number of rotatable bonds is 9. The van der Waals surface area contributed by atoms with E-state index in [1.165, 1.54) is 0 Å². The molecule has 204 valence electrons. The van der Waals surface area contributed by atoms with E-state index in [0.717, 1.165) is 57.3 Å². The fraction of sp³-hybridized carbons (Fsp3) is 0.194. The Balaban J connectivity index is 0.000000771. The van der Waals surface area contributed by atoms with Gasteiger partial charge in [0, 0.05) is 5.56 Å².